The maximum absolute atomic E-state index is 12.8. The maximum Gasteiger partial charge on any atom is 0.262 e. The van der Waals surface area contributed by atoms with E-state index in [1.165, 1.54) is 15.9 Å². The van der Waals surface area contributed by atoms with E-state index < -0.39 is 17.5 Å². The minimum absolute atomic E-state index is 0.0879. The van der Waals surface area contributed by atoms with Gasteiger partial charge in [-0.05, 0) is 79.1 Å². The van der Waals surface area contributed by atoms with Gasteiger partial charge in [0, 0.05) is 42.9 Å². The first-order valence-electron chi connectivity index (χ1n) is 16.4. The minimum atomic E-state index is -4.94. The van der Waals surface area contributed by atoms with Gasteiger partial charge in [-0.15, -0.1) is 10.2 Å². The molecule has 6 aromatic rings. The number of aromatic nitrogens is 2. The number of anilines is 1. The van der Waals surface area contributed by atoms with Crippen LogP contribution in [0.15, 0.2) is 143 Å². The number of piperidine rings is 1. The summed E-state index contributed by atoms with van der Waals surface area (Å²) < 4.78 is 48.4. The molecule has 0 N–H and O–H groups in total. The van der Waals surface area contributed by atoms with Gasteiger partial charge in [0.2, 0.25) is 5.89 Å². The number of benzene rings is 4. The van der Waals surface area contributed by atoms with Crippen molar-refractivity contribution in [3.63, 3.8) is 0 Å². The van der Waals surface area contributed by atoms with Gasteiger partial charge in [-0.25, -0.2) is 18.6 Å². The molecule has 2 aliphatic heterocycles. The number of halogens is 1. The quantitative estimate of drug-likeness (QED) is 0.220. The number of hydrogen-bond acceptors (Lipinski definition) is 9. The Morgan fingerprint density at radius 1 is 0.725 bits per heavy atom. The van der Waals surface area contributed by atoms with Crippen LogP contribution in [0, 0.1) is 16.2 Å². The van der Waals surface area contributed by atoms with E-state index in [2.05, 4.69) is 102 Å². The number of nitrogens with zero attached hydrogens (tertiary/aromatic N) is 3. The van der Waals surface area contributed by atoms with Gasteiger partial charge >= 0.3 is 0 Å². The first-order valence-corrected chi connectivity index (χ1v) is 19.5. The van der Waals surface area contributed by atoms with E-state index in [1.807, 2.05) is 34.9 Å². The highest BCUT2D eigenvalue weighted by Gasteiger charge is 2.54. The SMILES string of the molecule is COc1ccc(-c2nc([P+](c3ccccc3)(c3ccccc3)c3ccccc3)c(N3C[C@H]4C[C@H](C3)c3cccc(=O)n3C4)o2)cc1.[O-][Cl+3]([O-])([O-])[O-]. The normalized spacial score (nSPS) is 16.8. The zero-order chi connectivity index (χ0) is 35.6. The van der Waals surface area contributed by atoms with Crippen molar-refractivity contribution in [2.45, 2.75) is 18.9 Å². The molecule has 0 saturated carbocycles. The smallest absolute Gasteiger partial charge is 0.262 e. The monoisotopic (exact) mass is 723 g/mol. The first kappa shape index (κ1) is 34.6. The fourth-order valence-corrected chi connectivity index (χ4v) is 11.6. The molecule has 0 unspecified atom stereocenters. The standard InChI is InChI=1S/C39H35N3O3P.ClHO4/c1-44-31-22-20-29(21-23-31)37-40-38(39(45-37)41-25-28-24-30(27-41)35-18-11-19-36(43)42(35)26-28)46(32-12-5-2-6-13-32,33-14-7-3-8-15-33)34-16-9-4-10-17-34;2-1(3,4)5/h2-23,28,30H,24-27H2,1H3;(H,2,3,4,5)/q+1;/p-1/t28-,30-;/m1./s1. The molecule has 2 atom stereocenters. The number of methoxy groups -OCH3 is 1. The Balaban J connectivity index is 0.000000761. The average molecular weight is 724 g/mol. The zero-order valence-corrected chi connectivity index (χ0v) is 29.4. The van der Waals surface area contributed by atoms with E-state index >= 15 is 0 Å². The second kappa shape index (κ2) is 14.4. The molecule has 8 rings (SSSR count). The summed E-state index contributed by atoms with van der Waals surface area (Å²) >= 11 is 0. The average Bonchev–Trinajstić information content (AvgIpc) is 3.59. The van der Waals surface area contributed by atoms with E-state index in [0.29, 0.717) is 18.4 Å². The zero-order valence-electron chi connectivity index (χ0n) is 27.7. The van der Waals surface area contributed by atoms with Gasteiger partial charge < -0.3 is 18.6 Å². The number of hydrogen-bond donors (Lipinski definition) is 0. The molecule has 4 aromatic carbocycles. The Morgan fingerprint density at radius 3 is 1.80 bits per heavy atom. The van der Waals surface area contributed by atoms with E-state index in [-0.39, 0.29) is 11.5 Å². The predicted octanol–water partition coefficient (Wildman–Crippen LogP) is 0.999. The second-order valence-electron chi connectivity index (χ2n) is 12.5. The summed E-state index contributed by atoms with van der Waals surface area (Å²) in [6.07, 6.45) is 1.06. The van der Waals surface area contributed by atoms with Crippen LogP contribution in [0.3, 0.4) is 0 Å². The van der Waals surface area contributed by atoms with Crippen LogP contribution >= 0.6 is 7.26 Å². The fraction of sp³-hybridized carbons (Fsp3) is 0.179. The number of ether oxygens (including phenoxy) is 1. The summed E-state index contributed by atoms with van der Waals surface area (Å²) in [5.41, 5.74) is 3.06. The number of rotatable bonds is 7. The van der Waals surface area contributed by atoms with Crippen LogP contribution in [0.2, 0.25) is 0 Å². The molecule has 1 saturated heterocycles. The molecule has 51 heavy (non-hydrogen) atoms. The van der Waals surface area contributed by atoms with Gasteiger partial charge in [-0.2, -0.15) is 4.98 Å². The molecule has 2 aliphatic rings. The molecule has 12 heteroatoms. The van der Waals surface area contributed by atoms with E-state index in [9.17, 15) is 4.79 Å². The summed E-state index contributed by atoms with van der Waals surface area (Å²) in [5.74, 6) is 2.74. The lowest BCUT2D eigenvalue weighted by Crippen LogP contribution is -2.68. The summed E-state index contributed by atoms with van der Waals surface area (Å²) in [4.78, 5) is 20.8. The van der Waals surface area contributed by atoms with Crippen molar-refractivity contribution >= 4 is 34.5 Å². The van der Waals surface area contributed by atoms with Crippen molar-refractivity contribution < 1.29 is 38.0 Å². The number of fused-ring (bicyclic) bond motifs is 4. The Hall–Kier alpha value is -4.80. The first-order chi connectivity index (χ1) is 24.6. The van der Waals surface area contributed by atoms with Gasteiger partial charge in [0.05, 0.1) is 7.11 Å². The largest absolute Gasteiger partial charge is 0.497 e. The van der Waals surface area contributed by atoms with E-state index in [1.54, 1.807) is 13.2 Å². The molecule has 0 radical (unpaired) electrons. The van der Waals surface area contributed by atoms with Gasteiger partial charge in [0.15, 0.2) is 7.26 Å². The maximum atomic E-state index is 12.8. The highest BCUT2D eigenvalue weighted by molar-refractivity contribution is 8.01. The third-order valence-electron chi connectivity index (χ3n) is 9.44. The molecule has 260 valence electrons. The van der Waals surface area contributed by atoms with Crippen LogP contribution in [0.25, 0.3) is 11.5 Å². The Bertz CT molecular complexity index is 2040. The van der Waals surface area contributed by atoms with Crippen molar-refractivity contribution in [1.29, 1.82) is 0 Å². The molecular formula is C39H35ClN3O7P. The fourth-order valence-electron chi connectivity index (χ4n) is 7.42. The van der Waals surface area contributed by atoms with Gasteiger partial charge in [0.25, 0.3) is 16.9 Å². The van der Waals surface area contributed by atoms with Crippen molar-refractivity contribution in [2.75, 3.05) is 25.1 Å². The second-order valence-corrected chi connectivity index (χ2v) is 16.6. The lowest BCUT2D eigenvalue weighted by atomic mass is 9.83. The van der Waals surface area contributed by atoms with Crippen LogP contribution in [-0.2, 0) is 6.54 Å². The Labute approximate surface area is 297 Å². The Kier molecular flexibility index (Phi) is 9.81. The van der Waals surface area contributed by atoms with Crippen LogP contribution in [0.1, 0.15) is 18.0 Å². The highest BCUT2D eigenvalue weighted by Crippen LogP contribution is 2.56. The molecule has 2 bridgehead atoms. The molecule has 1 fully saturated rings. The van der Waals surface area contributed by atoms with E-state index in [0.717, 1.165) is 47.8 Å². The van der Waals surface area contributed by atoms with Crippen LogP contribution < -0.4 is 55.2 Å². The third-order valence-corrected chi connectivity index (χ3v) is 13.6. The molecule has 0 aliphatic carbocycles. The molecule has 4 heterocycles. The van der Waals surface area contributed by atoms with Crippen molar-refractivity contribution in [3.8, 4) is 17.2 Å². The van der Waals surface area contributed by atoms with Gasteiger partial charge in [-0.1, -0.05) is 60.7 Å². The highest BCUT2D eigenvalue weighted by atomic mass is 35.7. The summed E-state index contributed by atoms with van der Waals surface area (Å²) in [5, 5.41) is 3.66. The van der Waals surface area contributed by atoms with Crippen LogP contribution in [-0.4, -0.2) is 29.8 Å². The van der Waals surface area contributed by atoms with Gasteiger partial charge in [-0.3, -0.25) is 4.79 Å². The molecule has 0 spiro atoms. The third kappa shape index (κ3) is 7.07. The molecule has 2 aromatic heterocycles. The van der Waals surface area contributed by atoms with Crippen LogP contribution in [0.5, 0.6) is 5.75 Å². The predicted molar refractivity (Wildman–Crippen MR) is 187 cm³/mol. The van der Waals surface area contributed by atoms with Crippen molar-refractivity contribution in [3.05, 3.63) is 150 Å². The number of oxazole rings is 1. The summed E-state index contributed by atoms with van der Waals surface area (Å²) in [7, 11) is -5.82. The van der Waals surface area contributed by atoms with Crippen molar-refractivity contribution in [2.24, 2.45) is 5.92 Å². The summed E-state index contributed by atoms with van der Waals surface area (Å²) in [6.45, 7) is 2.26. The Morgan fingerprint density at radius 2 is 1.27 bits per heavy atom. The van der Waals surface area contributed by atoms with Crippen LogP contribution in [0.4, 0.5) is 5.88 Å². The molecule has 10 nitrogen and oxygen atoms in total. The minimum Gasteiger partial charge on any atom is -0.497 e. The summed E-state index contributed by atoms with van der Waals surface area (Å²) in [6, 6.07) is 46.1. The molecular weight excluding hydrogens is 689 g/mol. The topological polar surface area (TPSA) is 153 Å². The van der Waals surface area contributed by atoms with Crippen molar-refractivity contribution in [1.82, 2.24) is 9.55 Å². The molecule has 0 amide bonds. The van der Waals surface area contributed by atoms with Gasteiger partial charge in [0.1, 0.15) is 21.7 Å². The lowest BCUT2D eigenvalue weighted by Gasteiger charge is -2.42. The number of pyridine rings is 1. The lowest BCUT2D eigenvalue weighted by molar-refractivity contribution is -2.00. The van der Waals surface area contributed by atoms with E-state index in [4.69, 9.17) is 32.8 Å².